The quantitative estimate of drug-likeness (QED) is 0.801. The van der Waals surface area contributed by atoms with Crippen LogP contribution in [0.25, 0.3) is 6.08 Å². The lowest BCUT2D eigenvalue weighted by Crippen LogP contribution is -2.05. The van der Waals surface area contributed by atoms with Crippen LogP contribution in [0.2, 0.25) is 0 Å². The first-order valence-electron chi connectivity index (χ1n) is 4.84. The number of methoxy groups -OCH3 is 2. The molecule has 0 saturated carbocycles. The summed E-state index contributed by atoms with van der Waals surface area (Å²) in [6, 6.07) is 3.86. The van der Waals surface area contributed by atoms with Gasteiger partial charge in [0, 0.05) is 0 Å². The van der Waals surface area contributed by atoms with Crippen molar-refractivity contribution in [2.75, 3.05) is 20.8 Å². The predicted molar refractivity (Wildman–Crippen MR) is 62.4 cm³/mol. The van der Waals surface area contributed by atoms with Crippen LogP contribution < -0.4 is 15.2 Å². The van der Waals surface area contributed by atoms with Crippen molar-refractivity contribution in [2.45, 2.75) is 6.42 Å². The molecule has 2 N–H and O–H groups in total. The minimum atomic E-state index is 0.607. The third-order valence-corrected chi connectivity index (χ3v) is 2.28. The third-order valence-electron chi connectivity index (χ3n) is 2.28. The van der Waals surface area contributed by atoms with Crippen molar-refractivity contribution < 1.29 is 9.47 Å². The van der Waals surface area contributed by atoms with Gasteiger partial charge in [-0.2, -0.15) is 0 Å². The summed E-state index contributed by atoms with van der Waals surface area (Å²) in [6.07, 6.45) is 2.61. The second-order valence-electron chi connectivity index (χ2n) is 3.15. The molecule has 0 aliphatic rings. The van der Waals surface area contributed by atoms with Gasteiger partial charge in [0.2, 0.25) is 0 Å². The highest BCUT2D eigenvalue weighted by Gasteiger charge is 2.08. The van der Waals surface area contributed by atoms with E-state index in [0.717, 1.165) is 23.3 Å². The maximum atomic E-state index is 5.54. The SMILES string of the molecule is C=Cc1cc(OC)c(OC)cc1CCN. The molecule has 0 unspecified atom stereocenters. The summed E-state index contributed by atoms with van der Waals surface area (Å²) in [7, 11) is 3.24. The van der Waals surface area contributed by atoms with Crippen molar-refractivity contribution in [1.82, 2.24) is 0 Å². The van der Waals surface area contributed by atoms with E-state index >= 15 is 0 Å². The van der Waals surface area contributed by atoms with Gasteiger partial charge in [-0.15, -0.1) is 0 Å². The molecule has 0 heterocycles. The maximum absolute atomic E-state index is 5.54. The molecule has 0 bridgehead atoms. The van der Waals surface area contributed by atoms with Crippen LogP contribution in [0.4, 0.5) is 0 Å². The van der Waals surface area contributed by atoms with Gasteiger partial charge >= 0.3 is 0 Å². The molecule has 3 heteroatoms. The van der Waals surface area contributed by atoms with Gasteiger partial charge in [0.05, 0.1) is 14.2 Å². The summed E-state index contributed by atoms with van der Waals surface area (Å²) in [5, 5.41) is 0. The van der Waals surface area contributed by atoms with Crippen LogP contribution in [-0.4, -0.2) is 20.8 Å². The van der Waals surface area contributed by atoms with Crippen LogP contribution in [0.1, 0.15) is 11.1 Å². The summed E-state index contributed by atoms with van der Waals surface area (Å²) in [5.74, 6) is 1.44. The van der Waals surface area contributed by atoms with E-state index in [1.807, 2.05) is 12.1 Å². The van der Waals surface area contributed by atoms with Gasteiger partial charge in [-0.1, -0.05) is 12.7 Å². The second kappa shape index (κ2) is 5.41. The lowest BCUT2D eigenvalue weighted by atomic mass is 10.0. The molecule has 0 amide bonds. The van der Waals surface area contributed by atoms with E-state index < -0.39 is 0 Å². The molecule has 1 aromatic carbocycles. The maximum Gasteiger partial charge on any atom is 0.161 e. The summed E-state index contributed by atoms with van der Waals surface area (Å²) in [5.41, 5.74) is 7.71. The van der Waals surface area contributed by atoms with E-state index in [4.69, 9.17) is 15.2 Å². The van der Waals surface area contributed by atoms with E-state index in [0.29, 0.717) is 12.3 Å². The Morgan fingerprint density at radius 2 is 1.87 bits per heavy atom. The molecular formula is C12H17NO2. The average Bonchev–Trinajstić information content (AvgIpc) is 2.28. The number of benzene rings is 1. The fourth-order valence-corrected chi connectivity index (χ4v) is 1.50. The highest BCUT2D eigenvalue weighted by Crippen LogP contribution is 2.31. The first kappa shape index (κ1) is 11.6. The fourth-order valence-electron chi connectivity index (χ4n) is 1.50. The van der Waals surface area contributed by atoms with Crippen LogP contribution in [0.3, 0.4) is 0 Å². The Morgan fingerprint density at radius 3 is 2.33 bits per heavy atom. The Kier molecular flexibility index (Phi) is 4.18. The van der Waals surface area contributed by atoms with Crippen molar-refractivity contribution in [3.05, 3.63) is 29.8 Å². The minimum absolute atomic E-state index is 0.607. The Balaban J connectivity index is 3.20. The molecule has 0 aromatic heterocycles. The predicted octanol–water partition coefficient (Wildman–Crippen LogP) is 1.85. The molecule has 1 rings (SSSR count). The molecular weight excluding hydrogens is 190 g/mol. The number of ether oxygens (including phenoxy) is 2. The first-order chi connectivity index (χ1) is 7.26. The molecule has 0 atom stereocenters. The van der Waals surface area contributed by atoms with E-state index in [2.05, 4.69) is 6.58 Å². The molecule has 0 saturated heterocycles. The van der Waals surface area contributed by atoms with Crippen molar-refractivity contribution >= 4 is 6.08 Å². The van der Waals surface area contributed by atoms with Crippen LogP contribution in [0, 0.1) is 0 Å². The molecule has 82 valence electrons. The normalized spacial score (nSPS) is 9.80. The monoisotopic (exact) mass is 207 g/mol. The van der Waals surface area contributed by atoms with E-state index in [1.54, 1.807) is 20.3 Å². The molecule has 0 aliphatic carbocycles. The van der Waals surface area contributed by atoms with Gasteiger partial charge < -0.3 is 15.2 Å². The Labute approximate surface area is 90.5 Å². The zero-order valence-electron chi connectivity index (χ0n) is 9.25. The van der Waals surface area contributed by atoms with Gasteiger partial charge in [0.1, 0.15) is 0 Å². The minimum Gasteiger partial charge on any atom is -0.493 e. The summed E-state index contributed by atoms with van der Waals surface area (Å²) >= 11 is 0. The van der Waals surface area contributed by atoms with E-state index in [-0.39, 0.29) is 0 Å². The van der Waals surface area contributed by atoms with Gasteiger partial charge in [-0.25, -0.2) is 0 Å². The molecule has 0 radical (unpaired) electrons. The van der Waals surface area contributed by atoms with Gasteiger partial charge in [-0.05, 0) is 36.2 Å². The van der Waals surface area contributed by atoms with E-state index in [9.17, 15) is 0 Å². The van der Waals surface area contributed by atoms with Crippen molar-refractivity contribution in [2.24, 2.45) is 5.73 Å². The molecule has 15 heavy (non-hydrogen) atoms. The summed E-state index contributed by atoms with van der Waals surface area (Å²) < 4.78 is 10.4. The highest BCUT2D eigenvalue weighted by atomic mass is 16.5. The third kappa shape index (κ3) is 2.50. The fraction of sp³-hybridized carbons (Fsp3) is 0.333. The number of rotatable bonds is 5. The smallest absolute Gasteiger partial charge is 0.161 e. The zero-order valence-corrected chi connectivity index (χ0v) is 9.25. The van der Waals surface area contributed by atoms with Crippen LogP contribution in [-0.2, 0) is 6.42 Å². The lowest BCUT2D eigenvalue weighted by Gasteiger charge is -2.12. The highest BCUT2D eigenvalue weighted by molar-refractivity contribution is 5.59. The van der Waals surface area contributed by atoms with Crippen LogP contribution in [0.5, 0.6) is 11.5 Å². The van der Waals surface area contributed by atoms with Gasteiger partial charge in [0.15, 0.2) is 11.5 Å². The van der Waals surface area contributed by atoms with Crippen LogP contribution >= 0.6 is 0 Å². The molecule has 0 fully saturated rings. The molecule has 0 aliphatic heterocycles. The largest absolute Gasteiger partial charge is 0.493 e. The van der Waals surface area contributed by atoms with Crippen molar-refractivity contribution in [3.8, 4) is 11.5 Å². The Hall–Kier alpha value is -1.48. The molecule has 1 aromatic rings. The number of nitrogens with two attached hydrogens (primary N) is 1. The van der Waals surface area contributed by atoms with Gasteiger partial charge in [0.25, 0.3) is 0 Å². The standard InChI is InChI=1S/C12H17NO2/c1-4-9-7-11(14-2)12(15-3)8-10(9)5-6-13/h4,7-8H,1,5-6,13H2,2-3H3. The van der Waals surface area contributed by atoms with Crippen molar-refractivity contribution in [1.29, 1.82) is 0 Å². The second-order valence-corrected chi connectivity index (χ2v) is 3.15. The Morgan fingerprint density at radius 1 is 1.27 bits per heavy atom. The van der Waals surface area contributed by atoms with Gasteiger partial charge in [-0.3, -0.25) is 0 Å². The summed E-state index contributed by atoms with van der Waals surface area (Å²) in [4.78, 5) is 0. The average molecular weight is 207 g/mol. The van der Waals surface area contributed by atoms with Crippen LogP contribution in [0.15, 0.2) is 18.7 Å². The van der Waals surface area contributed by atoms with E-state index in [1.165, 1.54) is 0 Å². The summed E-state index contributed by atoms with van der Waals surface area (Å²) in [6.45, 7) is 4.38. The Bertz CT molecular complexity index is 348. The topological polar surface area (TPSA) is 44.5 Å². The van der Waals surface area contributed by atoms with Crippen molar-refractivity contribution in [3.63, 3.8) is 0 Å². The molecule has 3 nitrogen and oxygen atoms in total. The molecule has 0 spiro atoms. The first-order valence-corrected chi connectivity index (χ1v) is 4.84. The number of hydrogen-bond acceptors (Lipinski definition) is 3. The lowest BCUT2D eigenvalue weighted by molar-refractivity contribution is 0.354. The number of hydrogen-bond donors (Lipinski definition) is 1. The zero-order chi connectivity index (χ0) is 11.3.